The van der Waals surface area contributed by atoms with E-state index in [0.717, 1.165) is 109 Å². The second-order valence-corrected chi connectivity index (χ2v) is 28.7. The number of ether oxygens (including phenoxy) is 2. The van der Waals surface area contributed by atoms with Gasteiger partial charge in [-0.2, -0.15) is 0 Å². The lowest BCUT2D eigenvalue weighted by Gasteiger charge is -2.28. The second kappa shape index (κ2) is 73.7. The van der Waals surface area contributed by atoms with E-state index in [-0.39, 0.29) is 32.0 Å². The van der Waals surface area contributed by atoms with Crippen molar-refractivity contribution in [3.8, 4) is 0 Å². The van der Waals surface area contributed by atoms with E-state index in [9.17, 15) is 19.0 Å². The number of carbonyl (C=O) groups excluding carboxylic acids is 2. The fourth-order valence-electron chi connectivity index (χ4n) is 11.1. The van der Waals surface area contributed by atoms with Crippen LogP contribution in [0.2, 0.25) is 0 Å². The van der Waals surface area contributed by atoms with Crippen LogP contribution in [-0.4, -0.2) is 70.0 Å². The largest absolute Gasteiger partial charge is 0.756 e. The molecule has 0 radical (unpaired) electrons. The summed E-state index contributed by atoms with van der Waals surface area (Å²) in [5.41, 5.74) is 0. The molecule has 2 unspecified atom stereocenters. The first kappa shape index (κ1) is 90.4. The van der Waals surface area contributed by atoms with Crippen LogP contribution in [0.1, 0.15) is 348 Å². The average molecular weight is 1330 g/mol. The van der Waals surface area contributed by atoms with E-state index in [4.69, 9.17) is 18.5 Å². The summed E-state index contributed by atoms with van der Waals surface area (Å²) in [6, 6.07) is 0. The number of likely N-dealkylation sites (N-methyl/N-ethyl adjacent to an activating group) is 1. The summed E-state index contributed by atoms with van der Waals surface area (Å²) in [6.45, 7) is 4.04. The predicted octanol–water partition coefficient (Wildman–Crippen LogP) is 25.5. The molecule has 0 heterocycles. The Kier molecular flexibility index (Phi) is 70.8. The maximum atomic E-state index is 12.9. The van der Waals surface area contributed by atoms with Gasteiger partial charge in [0.05, 0.1) is 27.7 Å². The Labute approximate surface area is 581 Å². The molecule has 0 saturated heterocycles. The van der Waals surface area contributed by atoms with Crippen LogP contribution in [0.5, 0.6) is 0 Å². The molecule has 2 atom stereocenters. The lowest BCUT2D eigenvalue weighted by atomic mass is 10.0. The summed E-state index contributed by atoms with van der Waals surface area (Å²) < 4.78 is 34.4. The van der Waals surface area contributed by atoms with E-state index in [2.05, 4.69) is 135 Å². The second-order valence-electron chi connectivity index (χ2n) is 27.3. The van der Waals surface area contributed by atoms with Crippen molar-refractivity contribution >= 4 is 19.8 Å². The lowest BCUT2D eigenvalue weighted by molar-refractivity contribution is -0.870. The molecule has 542 valence electrons. The summed E-state index contributed by atoms with van der Waals surface area (Å²) in [5, 5.41) is 0. The SMILES string of the molecule is CC/C=C\C/C=C\C/C=C\C/C=C\C/C=C\C/C=C\CCCCCCCCCCCCC(=O)OC(COC(=O)CCCCCCCCCCCCCCCCCCCCCCCCCCCCCC/C=C\C/C=C\C/C=C\C/C=C\CC)COP(=O)([O-])OCC[N+](C)(C)C. The molecule has 0 N–H and O–H groups in total. The van der Waals surface area contributed by atoms with Crippen molar-refractivity contribution in [2.75, 3.05) is 47.5 Å². The molecule has 0 spiro atoms. The molecule has 0 rings (SSSR count). The number of phosphoric ester groups is 1. The smallest absolute Gasteiger partial charge is 0.306 e. The first-order valence-electron chi connectivity index (χ1n) is 39.2. The summed E-state index contributed by atoms with van der Waals surface area (Å²) in [4.78, 5) is 38.2. The molecule has 0 saturated carbocycles. The molecule has 9 nitrogen and oxygen atoms in total. The van der Waals surface area contributed by atoms with Crippen molar-refractivity contribution < 1.29 is 42.1 Å². The van der Waals surface area contributed by atoms with Gasteiger partial charge in [0.2, 0.25) is 0 Å². The van der Waals surface area contributed by atoms with Gasteiger partial charge >= 0.3 is 11.9 Å². The molecule has 10 heteroatoms. The van der Waals surface area contributed by atoms with Gasteiger partial charge < -0.3 is 27.9 Å². The van der Waals surface area contributed by atoms with Gasteiger partial charge in [0.15, 0.2) is 6.10 Å². The number of hydrogen-bond acceptors (Lipinski definition) is 8. The van der Waals surface area contributed by atoms with Crippen molar-refractivity contribution in [2.24, 2.45) is 0 Å². The van der Waals surface area contributed by atoms with E-state index in [1.54, 1.807) is 0 Å². The van der Waals surface area contributed by atoms with Crippen molar-refractivity contribution in [2.45, 2.75) is 354 Å². The summed E-state index contributed by atoms with van der Waals surface area (Å²) in [5.74, 6) is -0.829. The number of allylic oxidation sites excluding steroid dienone is 20. The van der Waals surface area contributed by atoms with E-state index in [0.29, 0.717) is 17.4 Å². The standard InChI is InChI=1S/C84H148NO8P/c1-6-8-10-12-14-16-18-20-22-24-26-28-30-32-34-36-37-38-39-40-41-42-43-44-45-46-47-49-50-52-54-56-58-60-62-64-66-68-70-72-74-76-83(86)90-80-82(81-92-94(88,89)91-79-78-85(3,4)5)93-84(87)77-75-73-71-69-67-65-63-61-59-57-55-53-51-48-35-33-31-29-27-25-23-21-19-17-15-13-11-9-7-2/h8-11,14-17,20-23,26-29,33,35,51,53,82H,6-7,12-13,18-19,24-25,30-32,34,36-50,52,54-81H2,1-5H3/b10-8-,11-9-,16-14-,17-15-,22-20-,23-21-,28-26-,29-27-,35-33-,53-51-. The third-order valence-corrected chi connectivity index (χ3v) is 17.9. The molecule has 94 heavy (non-hydrogen) atoms. The van der Waals surface area contributed by atoms with Gasteiger partial charge in [0, 0.05) is 12.8 Å². The highest BCUT2D eigenvalue weighted by atomic mass is 31.2. The van der Waals surface area contributed by atoms with E-state index < -0.39 is 26.5 Å². The quantitative estimate of drug-likeness (QED) is 0.0195. The minimum absolute atomic E-state index is 0.0345. The molecule has 0 aromatic carbocycles. The number of esters is 2. The third kappa shape index (κ3) is 77.4. The van der Waals surface area contributed by atoms with Crippen LogP contribution in [0.25, 0.3) is 0 Å². The van der Waals surface area contributed by atoms with Crippen LogP contribution >= 0.6 is 7.82 Å². The molecular formula is C84H148NO8P. The van der Waals surface area contributed by atoms with Gasteiger partial charge in [-0.3, -0.25) is 14.2 Å². The molecular weight excluding hydrogens is 1180 g/mol. The molecule has 0 aliphatic rings. The van der Waals surface area contributed by atoms with Crippen molar-refractivity contribution in [3.05, 3.63) is 122 Å². The Morgan fingerprint density at radius 3 is 0.851 bits per heavy atom. The lowest BCUT2D eigenvalue weighted by Crippen LogP contribution is -2.37. The Balaban J connectivity index is 3.93. The Morgan fingerprint density at radius 2 is 0.574 bits per heavy atom. The first-order valence-corrected chi connectivity index (χ1v) is 40.7. The summed E-state index contributed by atoms with van der Waals surface area (Å²) >= 11 is 0. The van der Waals surface area contributed by atoms with Crippen LogP contribution in [-0.2, 0) is 32.7 Å². The minimum atomic E-state index is -4.65. The highest BCUT2D eigenvalue weighted by Gasteiger charge is 2.22. The highest BCUT2D eigenvalue weighted by Crippen LogP contribution is 2.38. The van der Waals surface area contributed by atoms with E-state index in [1.807, 2.05) is 21.1 Å². The van der Waals surface area contributed by atoms with Crippen LogP contribution < -0.4 is 4.89 Å². The summed E-state index contributed by atoms with van der Waals surface area (Å²) in [6.07, 6.45) is 106. The number of nitrogens with zero attached hydrogens (tertiary/aromatic N) is 1. The number of rotatable bonds is 72. The zero-order valence-electron chi connectivity index (χ0n) is 61.9. The molecule has 0 aliphatic carbocycles. The van der Waals surface area contributed by atoms with Gasteiger partial charge in [0.25, 0.3) is 7.82 Å². The third-order valence-electron chi connectivity index (χ3n) is 17.0. The van der Waals surface area contributed by atoms with E-state index >= 15 is 0 Å². The predicted molar refractivity (Wildman–Crippen MR) is 406 cm³/mol. The van der Waals surface area contributed by atoms with E-state index in [1.165, 1.54) is 205 Å². The average Bonchev–Trinajstić information content (AvgIpc) is 1.65. The van der Waals surface area contributed by atoms with Gasteiger partial charge in [-0.15, -0.1) is 0 Å². The number of phosphoric acid groups is 1. The number of quaternary nitrogens is 1. The number of carbonyl (C=O) groups is 2. The molecule has 0 aromatic heterocycles. The normalized spacial score (nSPS) is 13.7. The monoisotopic (exact) mass is 1330 g/mol. The van der Waals surface area contributed by atoms with Crippen molar-refractivity contribution in [1.29, 1.82) is 0 Å². The maximum absolute atomic E-state index is 12.9. The van der Waals surface area contributed by atoms with Crippen LogP contribution in [0.15, 0.2) is 122 Å². The fraction of sp³-hybridized carbons (Fsp3) is 0.738. The van der Waals surface area contributed by atoms with Gasteiger partial charge in [-0.1, -0.05) is 354 Å². The Hall–Kier alpha value is -3.59. The van der Waals surface area contributed by atoms with Crippen molar-refractivity contribution in [3.63, 3.8) is 0 Å². The highest BCUT2D eigenvalue weighted by molar-refractivity contribution is 7.45. The zero-order valence-corrected chi connectivity index (χ0v) is 62.8. The molecule has 0 aromatic rings. The first-order chi connectivity index (χ1) is 46.0. The molecule has 0 aliphatic heterocycles. The molecule has 0 amide bonds. The zero-order chi connectivity index (χ0) is 68.3. The number of hydrogen-bond donors (Lipinski definition) is 0. The molecule has 0 bridgehead atoms. The number of unbranched alkanes of at least 4 members (excludes halogenated alkanes) is 38. The van der Waals surface area contributed by atoms with Gasteiger partial charge in [-0.25, -0.2) is 0 Å². The fourth-order valence-corrected chi connectivity index (χ4v) is 11.8. The van der Waals surface area contributed by atoms with Crippen LogP contribution in [0.3, 0.4) is 0 Å². The van der Waals surface area contributed by atoms with Crippen molar-refractivity contribution in [1.82, 2.24) is 0 Å². The van der Waals surface area contributed by atoms with Crippen LogP contribution in [0.4, 0.5) is 0 Å². The van der Waals surface area contributed by atoms with Gasteiger partial charge in [-0.05, 0) is 103 Å². The Bertz CT molecular complexity index is 2010. The Morgan fingerprint density at radius 1 is 0.330 bits per heavy atom. The minimum Gasteiger partial charge on any atom is -0.756 e. The summed E-state index contributed by atoms with van der Waals surface area (Å²) in [7, 11) is 1.17. The topological polar surface area (TPSA) is 111 Å². The maximum Gasteiger partial charge on any atom is 0.306 e. The van der Waals surface area contributed by atoms with Crippen LogP contribution in [0, 0.1) is 0 Å². The van der Waals surface area contributed by atoms with Gasteiger partial charge in [0.1, 0.15) is 19.8 Å². The molecule has 0 fully saturated rings.